The lowest BCUT2D eigenvalue weighted by Crippen LogP contribution is -2.52. The molecular formula is C20H29IN6O3. The van der Waals surface area contributed by atoms with Crippen LogP contribution in [0.2, 0.25) is 0 Å². The third-order valence-corrected chi connectivity index (χ3v) is 4.85. The van der Waals surface area contributed by atoms with Gasteiger partial charge in [0.05, 0.1) is 21.3 Å². The summed E-state index contributed by atoms with van der Waals surface area (Å²) < 4.78 is 16.3. The summed E-state index contributed by atoms with van der Waals surface area (Å²) >= 11 is 0. The zero-order valence-electron chi connectivity index (χ0n) is 17.8. The molecule has 3 rings (SSSR count). The second kappa shape index (κ2) is 11.6. The van der Waals surface area contributed by atoms with E-state index in [0.717, 1.165) is 49.4 Å². The van der Waals surface area contributed by atoms with E-state index in [-0.39, 0.29) is 24.0 Å². The van der Waals surface area contributed by atoms with Gasteiger partial charge in [-0.25, -0.2) is 9.97 Å². The van der Waals surface area contributed by atoms with Crippen LogP contribution in [0.4, 0.5) is 5.95 Å². The zero-order chi connectivity index (χ0) is 20.6. The molecule has 1 aromatic heterocycles. The van der Waals surface area contributed by atoms with E-state index in [1.165, 1.54) is 0 Å². The lowest BCUT2D eigenvalue weighted by atomic mass is 10.1. The average molecular weight is 528 g/mol. The van der Waals surface area contributed by atoms with Gasteiger partial charge in [0, 0.05) is 63.8 Å². The van der Waals surface area contributed by atoms with Crippen molar-refractivity contribution in [2.45, 2.75) is 6.54 Å². The van der Waals surface area contributed by atoms with Gasteiger partial charge in [-0.15, -0.1) is 24.0 Å². The minimum atomic E-state index is 0. The molecule has 0 aliphatic carbocycles. The molecule has 0 saturated carbocycles. The number of guanidine groups is 1. The molecule has 0 spiro atoms. The maximum Gasteiger partial charge on any atom is 0.225 e. The summed E-state index contributed by atoms with van der Waals surface area (Å²) in [5.41, 5.74) is 0.961. The van der Waals surface area contributed by atoms with Crippen molar-refractivity contribution in [2.24, 2.45) is 4.99 Å². The van der Waals surface area contributed by atoms with Gasteiger partial charge in [-0.1, -0.05) is 0 Å². The number of aliphatic imine (C=N–C) groups is 1. The summed E-state index contributed by atoms with van der Waals surface area (Å²) in [5.74, 6) is 3.64. The molecule has 1 aliphatic rings. The number of anilines is 1. The first kappa shape index (κ1) is 23.8. The van der Waals surface area contributed by atoms with E-state index in [2.05, 4.69) is 30.1 Å². The van der Waals surface area contributed by atoms with E-state index >= 15 is 0 Å². The Bertz CT molecular complexity index is 829. The van der Waals surface area contributed by atoms with Crippen molar-refractivity contribution in [1.82, 2.24) is 20.2 Å². The first-order valence-electron chi connectivity index (χ1n) is 9.46. The molecule has 2 heterocycles. The Labute approximate surface area is 194 Å². The van der Waals surface area contributed by atoms with Gasteiger partial charge in [0.2, 0.25) is 5.95 Å². The number of methoxy groups -OCH3 is 3. The highest BCUT2D eigenvalue weighted by Crippen LogP contribution is 2.34. The van der Waals surface area contributed by atoms with Gasteiger partial charge < -0.3 is 29.3 Å². The third kappa shape index (κ3) is 5.55. The van der Waals surface area contributed by atoms with Gasteiger partial charge in [-0.3, -0.25) is 4.99 Å². The summed E-state index contributed by atoms with van der Waals surface area (Å²) in [6.45, 7) is 3.90. The predicted molar refractivity (Wildman–Crippen MR) is 128 cm³/mol. The molecule has 1 N–H and O–H groups in total. The van der Waals surface area contributed by atoms with Crippen LogP contribution in [0.1, 0.15) is 5.56 Å². The molecule has 1 saturated heterocycles. The lowest BCUT2D eigenvalue weighted by molar-refractivity contribution is 0.346. The molecule has 30 heavy (non-hydrogen) atoms. The molecule has 0 bridgehead atoms. The number of nitrogens with one attached hydrogen (secondary N) is 1. The van der Waals surface area contributed by atoms with Crippen molar-refractivity contribution >= 4 is 35.9 Å². The summed E-state index contributed by atoms with van der Waals surface area (Å²) in [6.07, 6.45) is 3.54. The number of benzene rings is 1. The van der Waals surface area contributed by atoms with Crippen LogP contribution >= 0.6 is 24.0 Å². The van der Waals surface area contributed by atoms with Crippen molar-refractivity contribution < 1.29 is 14.2 Å². The first-order chi connectivity index (χ1) is 14.2. The van der Waals surface area contributed by atoms with Crippen LogP contribution in [-0.2, 0) is 6.54 Å². The van der Waals surface area contributed by atoms with Gasteiger partial charge in [0.15, 0.2) is 17.5 Å². The minimum Gasteiger partial charge on any atom is -0.496 e. The summed E-state index contributed by atoms with van der Waals surface area (Å²) in [6, 6.07) is 5.58. The summed E-state index contributed by atoms with van der Waals surface area (Å²) in [4.78, 5) is 17.5. The topological polar surface area (TPSA) is 84.3 Å². The maximum absolute atomic E-state index is 5.51. The van der Waals surface area contributed by atoms with E-state index in [9.17, 15) is 0 Å². The van der Waals surface area contributed by atoms with Crippen molar-refractivity contribution in [3.05, 3.63) is 36.2 Å². The average Bonchev–Trinajstić information content (AvgIpc) is 2.80. The van der Waals surface area contributed by atoms with Crippen LogP contribution < -0.4 is 24.4 Å². The quantitative estimate of drug-likeness (QED) is 0.347. The molecule has 1 aromatic carbocycles. The maximum atomic E-state index is 5.51. The molecule has 0 atom stereocenters. The monoisotopic (exact) mass is 528 g/mol. The highest BCUT2D eigenvalue weighted by Gasteiger charge is 2.21. The number of piperazine rings is 1. The number of halogens is 1. The second-order valence-electron chi connectivity index (χ2n) is 6.44. The number of aromatic nitrogens is 2. The molecule has 164 valence electrons. The fourth-order valence-electron chi connectivity index (χ4n) is 3.31. The molecule has 10 heteroatoms. The van der Waals surface area contributed by atoms with Crippen LogP contribution in [-0.4, -0.2) is 75.4 Å². The van der Waals surface area contributed by atoms with E-state index in [4.69, 9.17) is 14.2 Å². The van der Waals surface area contributed by atoms with E-state index in [1.807, 2.05) is 18.2 Å². The highest BCUT2D eigenvalue weighted by atomic mass is 127. The molecular weight excluding hydrogens is 499 g/mol. The van der Waals surface area contributed by atoms with Gasteiger partial charge in [-0.05, 0) is 12.1 Å². The molecule has 1 aliphatic heterocycles. The molecule has 1 fully saturated rings. The van der Waals surface area contributed by atoms with Crippen LogP contribution in [0.3, 0.4) is 0 Å². The molecule has 0 unspecified atom stereocenters. The first-order valence-corrected chi connectivity index (χ1v) is 9.46. The molecule has 0 amide bonds. The number of ether oxygens (including phenoxy) is 3. The van der Waals surface area contributed by atoms with Crippen molar-refractivity contribution in [1.29, 1.82) is 0 Å². The second-order valence-corrected chi connectivity index (χ2v) is 6.44. The fraction of sp³-hybridized carbons (Fsp3) is 0.450. The lowest BCUT2D eigenvalue weighted by Gasteiger charge is -2.36. The summed E-state index contributed by atoms with van der Waals surface area (Å²) in [5, 5.41) is 3.42. The van der Waals surface area contributed by atoms with Crippen LogP contribution in [0.15, 0.2) is 35.6 Å². The summed E-state index contributed by atoms with van der Waals surface area (Å²) in [7, 11) is 6.67. The molecule has 0 radical (unpaired) electrons. The Morgan fingerprint density at radius 1 is 0.967 bits per heavy atom. The van der Waals surface area contributed by atoms with Crippen LogP contribution in [0, 0.1) is 0 Å². The van der Waals surface area contributed by atoms with Crippen LogP contribution in [0.5, 0.6) is 17.2 Å². The van der Waals surface area contributed by atoms with Crippen LogP contribution in [0.25, 0.3) is 0 Å². The number of hydrogen-bond donors (Lipinski definition) is 1. The van der Waals surface area contributed by atoms with E-state index < -0.39 is 0 Å². The smallest absolute Gasteiger partial charge is 0.225 e. The number of hydrogen-bond acceptors (Lipinski definition) is 7. The number of rotatable bonds is 6. The standard InChI is InChI=1S/C20H28N6O3.HI/c1-21-19(25-8-10-26(11-9-25)20-22-6-5-7-23-20)24-14-15-12-17(28-3)18(29-4)13-16(15)27-2;/h5-7,12-13H,8-11,14H2,1-4H3,(H,21,24);1H. The largest absolute Gasteiger partial charge is 0.496 e. The molecule has 2 aromatic rings. The van der Waals surface area contributed by atoms with Gasteiger partial charge in [-0.2, -0.15) is 0 Å². The Balaban J connectivity index is 0.00000320. The van der Waals surface area contributed by atoms with Crippen molar-refractivity contribution in [3.63, 3.8) is 0 Å². The molecule has 9 nitrogen and oxygen atoms in total. The Hall–Kier alpha value is -2.50. The zero-order valence-corrected chi connectivity index (χ0v) is 20.1. The SMILES string of the molecule is CN=C(NCc1cc(OC)c(OC)cc1OC)N1CCN(c2ncccn2)CC1.I. The van der Waals surface area contributed by atoms with Crippen molar-refractivity contribution in [2.75, 3.05) is 59.5 Å². The Morgan fingerprint density at radius 2 is 1.57 bits per heavy atom. The predicted octanol–water partition coefficient (Wildman–Crippen LogP) is 2.02. The Kier molecular flexibility index (Phi) is 9.21. The van der Waals surface area contributed by atoms with Gasteiger partial charge >= 0.3 is 0 Å². The number of nitrogens with zero attached hydrogens (tertiary/aromatic N) is 5. The third-order valence-electron chi connectivity index (χ3n) is 4.85. The van der Waals surface area contributed by atoms with Crippen molar-refractivity contribution in [3.8, 4) is 17.2 Å². The normalized spacial score (nSPS) is 14.1. The Morgan fingerprint density at radius 3 is 2.13 bits per heavy atom. The van der Waals surface area contributed by atoms with E-state index in [0.29, 0.717) is 18.0 Å². The highest BCUT2D eigenvalue weighted by molar-refractivity contribution is 14.0. The van der Waals surface area contributed by atoms with Gasteiger partial charge in [0.1, 0.15) is 5.75 Å². The van der Waals surface area contributed by atoms with E-state index in [1.54, 1.807) is 40.8 Å². The van der Waals surface area contributed by atoms with Gasteiger partial charge in [0.25, 0.3) is 0 Å². The minimum absolute atomic E-state index is 0. The fourth-order valence-corrected chi connectivity index (χ4v) is 3.31.